The molecule has 0 bridgehead atoms. The Morgan fingerprint density at radius 2 is 1.43 bits per heavy atom. The summed E-state index contributed by atoms with van der Waals surface area (Å²) in [7, 11) is 1.53. The van der Waals surface area contributed by atoms with Gasteiger partial charge in [-0.25, -0.2) is 4.79 Å². The first kappa shape index (κ1) is 30.8. The van der Waals surface area contributed by atoms with Crippen LogP contribution in [0.1, 0.15) is 91.8 Å². The molecule has 0 aliphatic carbocycles. The number of amides is 1. The molecule has 202 valence electrons. The summed E-state index contributed by atoms with van der Waals surface area (Å²) in [6.45, 7) is 2.57. The normalized spacial score (nSPS) is 11.6. The van der Waals surface area contributed by atoms with Crippen LogP contribution in [0.2, 0.25) is 5.02 Å². The number of hydrogen-bond donors (Lipinski definition) is 1. The highest BCUT2D eigenvalue weighted by atomic mass is 79.9. The number of esters is 1. The maximum absolute atomic E-state index is 12.7. The molecule has 1 unspecified atom stereocenters. The van der Waals surface area contributed by atoms with Crippen molar-refractivity contribution in [3.63, 3.8) is 0 Å². The fourth-order valence-electron chi connectivity index (χ4n) is 3.80. The van der Waals surface area contributed by atoms with Gasteiger partial charge in [0.2, 0.25) is 5.91 Å². The maximum atomic E-state index is 12.7. The zero-order valence-electron chi connectivity index (χ0n) is 21.7. The predicted octanol–water partition coefficient (Wildman–Crippen LogP) is 8.01. The van der Waals surface area contributed by atoms with E-state index in [1.807, 2.05) is 0 Å². The van der Waals surface area contributed by atoms with Crippen molar-refractivity contribution in [1.29, 1.82) is 0 Å². The highest BCUT2D eigenvalue weighted by molar-refractivity contribution is 9.10. The van der Waals surface area contributed by atoms with Crippen LogP contribution in [0, 0.1) is 0 Å². The average Bonchev–Trinajstić information content (AvgIpc) is 2.91. The minimum absolute atomic E-state index is 0.229. The highest BCUT2D eigenvalue weighted by Crippen LogP contribution is 2.25. The zero-order valence-corrected chi connectivity index (χ0v) is 24.0. The number of rotatable bonds is 17. The standard InChI is InChI=1S/C29H37BrClNO5/c1-3-4-5-6-7-8-9-10-11-12-19-37-29(35)22-15-18-24(31)25(20-22)32-28(34)26(30)27(33)21-13-16-23(36-2)17-14-21/h13-18,20,26H,3-12,19H2,1-2H3,(H,32,34). The van der Waals surface area contributed by atoms with Gasteiger partial charge in [0.25, 0.3) is 0 Å². The van der Waals surface area contributed by atoms with Crippen molar-refractivity contribution in [2.24, 2.45) is 0 Å². The number of ether oxygens (including phenoxy) is 2. The third kappa shape index (κ3) is 10.9. The molecule has 0 aliphatic heterocycles. The van der Waals surface area contributed by atoms with E-state index < -0.39 is 22.5 Å². The van der Waals surface area contributed by atoms with Crippen LogP contribution in [0.3, 0.4) is 0 Å². The number of carbonyl (C=O) groups is 3. The van der Waals surface area contributed by atoms with Gasteiger partial charge in [0, 0.05) is 5.56 Å². The summed E-state index contributed by atoms with van der Waals surface area (Å²) in [4.78, 5) is 36.7. The molecule has 8 heteroatoms. The maximum Gasteiger partial charge on any atom is 0.338 e. The molecule has 0 radical (unpaired) electrons. The fourth-order valence-corrected chi connectivity index (χ4v) is 4.35. The Hall–Kier alpha value is -2.38. The average molecular weight is 595 g/mol. The van der Waals surface area contributed by atoms with Crippen LogP contribution in [-0.4, -0.2) is 36.2 Å². The van der Waals surface area contributed by atoms with Crippen molar-refractivity contribution in [3.8, 4) is 5.75 Å². The lowest BCUT2D eigenvalue weighted by Crippen LogP contribution is -2.30. The molecule has 2 rings (SSSR count). The fraction of sp³-hybridized carbons (Fsp3) is 0.483. The van der Waals surface area contributed by atoms with E-state index in [0.29, 0.717) is 17.9 Å². The number of nitrogens with one attached hydrogen (secondary N) is 1. The van der Waals surface area contributed by atoms with Gasteiger partial charge in [-0.2, -0.15) is 0 Å². The number of halogens is 2. The Balaban J connectivity index is 1.78. The molecule has 0 heterocycles. The van der Waals surface area contributed by atoms with Crippen LogP contribution in [0.25, 0.3) is 0 Å². The summed E-state index contributed by atoms with van der Waals surface area (Å²) < 4.78 is 10.5. The number of benzene rings is 2. The quantitative estimate of drug-likeness (QED) is 0.0659. The molecule has 0 aromatic heterocycles. The van der Waals surface area contributed by atoms with E-state index >= 15 is 0 Å². The second-order valence-electron chi connectivity index (χ2n) is 8.96. The van der Waals surface area contributed by atoms with Crippen molar-refractivity contribution in [3.05, 3.63) is 58.6 Å². The van der Waals surface area contributed by atoms with Crippen LogP contribution < -0.4 is 10.1 Å². The Morgan fingerprint density at radius 1 is 0.865 bits per heavy atom. The lowest BCUT2D eigenvalue weighted by atomic mass is 10.1. The molecule has 2 aromatic rings. The number of hydrogen-bond acceptors (Lipinski definition) is 5. The SMILES string of the molecule is CCCCCCCCCCCCOC(=O)c1ccc(Cl)c(NC(=O)C(Br)C(=O)c2ccc(OC)cc2)c1. The summed E-state index contributed by atoms with van der Waals surface area (Å²) in [5.41, 5.74) is 0.861. The summed E-state index contributed by atoms with van der Waals surface area (Å²) in [6, 6.07) is 11.0. The molecule has 1 atom stereocenters. The summed E-state index contributed by atoms with van der Waals surface area (Å²) in [5, 5.41) is 2.87. The summed E-state index contributed by atoms with van der Waals surface area (Å²) in [6.07, 6.45) is 12.0. The minimum Gasteiger partial charge on any atom is -0.497 e. The molecule has 0 fully saturated rings. The topological polar surface area (TPSA) is 81.7 Å². The van der Waals surface area contributed by atoms with Gasteiger partial charge < -0.3 is 14.8 Å². The number of ketones is 1. The number of carbonyl (C=O) groups excluding carboxylic acids is 3. The van der Waals surface area contributed by atoms with Gasteiger partial charge in [0.1, 0.15) is 5.75 Å². The van der Waals surface area contributed by atoms with Crippen molar-refractivity contribution in [1.82, 2.24) is 0 Å². The zero-order chi connectivity index (χ0) is 27.0. The Kier molecular flexibility index (Phi) is 14.3. The second-order valence-corrected chi connectivity index (χ2v) is 10.3. The van der Waals surface area contributed by atoms with Crippen LogP contribution in [0.15, 0.2) is 42.5 Å². The number of anilines is 1. The molecule has 2 aromatic carbocycles. The van der Waals surface area contributed by atoms with Gasteiger partial charge in [0.05, 0.1) is 30.0 Å². The molecule has 0 saturated carbocycles. The predicted molar refractivity (Wildman–Crippen MR) is 152 cm³/mol. The molecule has 0 saturated heterocycles. The van der Waals surface area contributed by atoms with Crippen molar-refractivity contribution in [2.45, 2.75) is 76.0 Å². The lowest BCUT2D eigenvalue weighted by Gasteiger charge is -2.13. The smallest absolute Gasteiger partial charge is 0.338 e. The monoisotopic (exact) mass is 593 g/mol. The Labute approximate surface area is 233 Å². The Morgan fingerprint density at radius 3 is 2.03 bits per heavy atom. The van der Waals surface area contributed by atoms with Crippen molar-refractivity contribution >= 4 is 50.9 Å². The van der Waals surface area contributed by atoms with Crippen molar-refractivity contribution < 1.29 is 23.9 Å². The van der Waals surface area contributed by atoms with Gasteiger partial charge in [-0.15, -0.1) is 0 Å². The molecule has 1 amide bonds. The Bertz CT molecular complexity index is 1010. The molecular weight excluding hydrogens is 558 g/mol. The van der Waals surface area contributed by atoms with Gasteiger partial charge >= 0.3 is 5.97 Å². The van der Waals surface area contributed by atoms with Crippen LogP contribution >= 0.6 is 27.5 Å². The van der Waals surface area contributed by atoms with E-state index in [1.165, 1.54) is 64.2 Å². The van der Waals surface area contributed by atoms with E-state index in [2.05, 4.69) is 28.2 Å². The summed E-state index contributed by atoms with van der Waals surface area (Å²) in [5.74, 6) is -0.884. The van der Waals surface area contributed by atoms with E-state index in [4.69, 9.17) is 21.1 Å². The lowest BCUT2D eigenvalue weighted by molar-refractivity contribution is -0.114. The van der Waals surface area contributed by atoms with E-state index in [0.717, 1.165) is 19.3 Å². The first-order valence-electron chi connectivity index (χ1n) is 13.0. The molecule has 37 heavy (non-hydrogen) atoms. The van der Waals surface area contributed by atoms with Crippen LogP contribution in [0.5, 0.6) is 5.75 Å². The van der Waals surface area contributed by atoms with E-state index in [9.17, 15) is 14.4 Å². The molecular formula is C29H37BrClNO5. The van der Waals surface area contributed by atoms with Gasteiger partial charge in [0.15, 0.2) is 10.6 Å². The van der Waals surface area contributed by atoms with Gasteiger partial charge in [-0.3, -0.25) is 9.59 Å². The minimum atomic E-state index is -1.14. The third-order valence-corrected chi connectivity index (χ3v) is 7.19. The number of methoxy groups -OCH3 is 1. The number of unbranched alkanes of at least 4 members (excludes halogenated alkanes) is 9. The summed E-state index contributed by atoms with van der Waals surface area (Å²) >= 11 is 9.38. The molecule has 0 spiro atoms. The highest BCUT2D eigenvalue weighted by Gasteiger charge is 2.25. The number of alkyl halides is 1. The van der Waals surface area contributed by atoms with E-state index in [1.54, 1.807) is 30.3 Å². The van der Waals surface area contributed by atoms with Gasteiger partial charge in [-0.05, 0) is 48.9 Å². The second kappa shape index (κ2) is 17.2. The molecule has 6 nitrogen and oxygen atoms in total. The third-order valence-electron chi connectivity index (χ3n) is 6.03. The van der Waals surface area contributed by atoms with E-state index in [-0.39, 0.29) is 16.3 Å². The number of Topliss-reactive ketones (excluding diaryl/α,β-unsaturated/α-hetero) is 1. The van der Waals surface area contributed by atoms with Crippen LogP contribution in [0.4, 0.5) is 5.69 Å². The molecule has 0 aliphatic rings. The first-order chi connectivity index (χ1) is 17.9. The van der Waals surface area contributed by atoms with Gasteiger partial charge in [-0.1, -0.05) is 92.2 Å². The van der Waals surface area contributed by atoms with Crippen LogP contribution in [-0.2, 0) is 9.53 Å². The van der Waals surface area contributed by atoms with Crippen molar-refractivity contribution in [2.75, 3.05) is 19.0 Å². The molecule has 1 N–H and O–H groups in total. The largest absolute Gasteiger partial charge is 0.497 e. The first-order valence-corrected chi connectivity index (χ1v) is 14.3.